The van der Waals surface area contributed by atoms with Crippen LogP contribution in [-0.4, -0.2) is 52.2 Å². The van der Waals surface area contributed by atoms with Gasteiger partial charge in [-0.1, -0.05) is 12.1 Å². The van der Waals surface area contributed by atoms with Gasteiger partial charge < -0.3 is 14.9 Å². The summed E-state index contributed by atoms with van der Waals surface area (Å²) in [5.74, 6) is 0.0736. The molecule has 1 fully saturated rings. The second kappa shape index (κ2) is 7.44. The third kappa shape index (κ3) is 3.22. The standard InChI is InChI=1S/C20H23N3O4S/c24-15-14-21-12-13-23(19-5-2-1-4-18(19)21)28(26,27)17-9-7-16(8-10-17)22-11-3-6-20(22)25/h1-2,4-5,7-10,24H,3,6,11-15H2. The molecule has 1 saturated heterocycles. The maximum absolute atomic E-state index is 13.3. The Morgan fingerprint density at radius 3 is 2.29 bits per heavy atom. The van der Waals surface area contributed by atoms with Gasteiger partial charge in [0, 0.05) is 31.7 Å². The molecule has 7 nitrogen and oxygen atoms in total. The Hall–Kier alpha value is -2.58. The molecule has 0 unspecified atom stereocenters. The Bertz CT molecular complexity index is 975. The van der Waals surface area contributed by atoms with E-state index in [9.17, 15) is 18.3 Å². The molecule has 8 heteroatoms. The molecular formula is C20H23N3O4S. The molecule has 0 aliphatic carbocycles. The number of para-hydroxylation sites is 2. The Balaban J connectivity index is 1.65. The van der Waals surface area contributed by atoms with Crippen LogP contribution < -0.4 is 14.1 Å². The number of anilines is 3. The largest absolute Gasteiger partial charge is 0.395 e. The molecule has 0 spiro atoms. The lowest BCUT2D eigenvalue weighted by molar-refractivity contribution is -0.117. The highest BCUT2D eigenvalue weighted by Crippen LogP contribution is 2.36. The van der Waals surface area contributed by atoms with E-state index in [2.05, 4.69) is 0 Å². The van der Waals surface area contributed by atoms with E-state index in [1.165, 1.54) is 4.31 Å². The summed E-state index contributed by atoms with van der Waals surface area (Å²) < 4.78 is 28.0. The van der Waals surface area contributed by atoms with Gasteiger partial charge in [-0.25, -0.2) is 8.42 Å². The summed E-state index contributed by atoms with van der Waals surface area (Å²) in [4.78, 5) is 15.8. The van der Waals surface area contributed by atoms with Crippen molar-refractivity contribution >= 4 is 33.0 Å². The average molecular weight is 401 g/mol. The molecule has 0 saturated carbocycles. The molecule has 2 aliphatic heterocycles. The van der Waals surface area contributed by atoms with Gasteiger partial charge in [-0.2, -0.15) is 0 Å². The number of aliphatic hydroxyl groups is 1. The highest BCUT2D eigenvalue weighted by Gasteiger charge is 2.32. The molecule has 28 heavy (non-hydrogen) atoms. The van der Waals surface area contributed by atoms with E-state index in [0.29, 0.717) is 38.3 Å². The number of hydrogen-bond donors (Lipinski definition) is 1. The highest BCUT2D eigenvalue weighted by atomic mass is 32.2. The minimum absolute atomic E-state index is 0.0117. The quantitative estimate of drug-likeness (QED) is 0.827. The van der Waals surface area contributed by atoms with Gasteiger partial charge in [-0.05, 0) is 42.8 Å². The van der Waals surface area contributed by atoms with E-state index in [1.807, 2.05) is 23.1 Å². The SMILES string of the molecule is O=C1CCCN1c1ccc(S(=O)(=O)N2CCN(CCO)c3ccccc32)cc1. The van der Waals surface area contributed by atoms with Gasteiger partial charge in [0.05, 0.1) is 29.4 Å². The predicted molar refractivity (Wildman–Crippen MR) is 108 cm³/mol. The number of sulfonamides is 1. The normalized spacial score (nSPS) is 17.2. The summed E-state index contributed by atoms with van der Waals surface area (Å²) in [7, 11) is -3.73. The molecule has 4 rings (SSSR count). The van der Waals surface area contributed by atoms with E-state index in [1.54, 1.807) is 35.2 Å². The molecule has 148 valence electrons. The summed E-state index contributed by atoms with van der Waals surface area (Å²) in [5.41, 5.74) is 2.14. The van der Waals surface area contributed by atoms with E-state index < -0.39 is 10.0 Å². The van der Waals surface area contributed by atoms with Crippen molar-refractivity contribution in [1.82, 2.24) is 0 Å². The Kier molecular flexibility index (Phi) is 4.99. The highest BCUT2D eigenvalue weighted by molar-refractivity contribution is 7.92. The first-order chi connectivity index (χ1) is 13.5. The monoisotopic (exact) mass is 401 g/mol. The van der Waals surface area contributed by atoms with Crippen LogP contribution in [0.15, 0.2) is 53.4 Å². The summed E-state index contributed by atoms with van der Waals surface area (Å²) in [5, 5.41) is 9.28. The van der Waals surface area contributed by atoms with Gasteiger partial charge in [0.15, 0.2) is 0 Å². The number of fused-ring (bicyclic) bond motifs is 1. The van der Waals surface area contributed by atoms with Crippen LogP contribution in [0.1, 0.15) is 12.8 Å². The average Bonchev–Trinajstić information content (AvgIpc) is 3.14. The number of rotatable bonds is 5. The fraction of sp³-hybridized carbons (Fsp3) is 0.350. The minimum atomic E-state index is -3.73. The third-order valence-corrected chi connectivity index (χ3v) is 7.07. The van der Waals surface area contributed by atoms with Gasteiger partial charge in [-0.3, -0.25) is 9.10 Å². The fourth-order valence-electron chi connectivity index (χ4n) is 3.84. The van der Waals surface area contributed by atoms with Gasteiger partial charge in [0.2, 0.25) is 5.91 Å². The first-order valence-corrected chi connectivity index (χ1v) is 10.8. The van der Waals surface area contributed by atoms with Gasteiger partial charge in [-0.15, -0.1) is 0 Å². The van der Waals surface area contributed by atoms with E-state index in [0.717, 1.165) is 17.8 Å². The molecule has 2 aliphatic rings. The number of aliphatic hydroxyl groups excluding tert-OH is 1. The van der Waals surface area contributed by atoms with Crippen molar-refractivity contribution in [3.8, 4) is 0 Å². The van der Waals surface area contributed by atoms with Crippen LogP contribution in [0, 0.1) is 0 Å². The summed E-state index contributed by atoms with van der Waals surface area (Å²) in [6.45, 7) is 1.97. The number of carbonyl (C=O) groups excluding carboxylic acids is 1. The van der Waals surface area contributed by atoms with Crippen LogP contribution in [0.5, 0.6) is 0 Å². The molecule has 1 amide bonds. The first kappa shape index (κ1) is 18.8. The van der Waals surface area contributed by atoms with Crippen LogP contribution in [0.3, 0.4) is 0 Å². The topological polar surface area (TPSA) is 81.2 Å². The number of benzene rings is 2. The van der Waals surface area contributed by atoms with Crippen LogP contribution in [-0.2, 0) is 14.8 Å². The smallest absolute Gasteiger partial charge is 0.264 e. The third-order valence-electron chi connectivity index (χ3n) is 5.24. The molecule has 0 atom stereocenters. The van der Waals surface area contributed by atoms with Gasteiger partial charge in [0.1, 0.15) is 0 Å². The number of carbonyl (C=O) groups is 1. The van der Waals surface area contributed by atoms with Crippen molar-refractivity contribution in [1.29, 1.82) is 0 Å². The van der Waals surface area contributed by atoms with Crippen molar-refractivity contribution in [2.24, 2.45) is 0 Å². The second-order valence-corrected chi connectivity index (χ2v) is 8.78. The number of nitrogens with zero attached hydrogens (tertiary/aromatic N) is 3. The van der Waals surface area contributed by atoms with Crippen molar-refractivity contribution < 1.29 is 18.3 Å². The molecule has 2 aromatic carbocycles. The summed E-state index contributed by atoms with van der Waals surface area (Å²) >= 11 is 0. The number of hydrogen-bond acceptors (Lipinski definition) is 5. The summed E-state index contributed by atoms with van der Waals surface area (Å²) in [6.07, 6.45) is 1.36. The Morgan fingerprint density at radius 2 is 1.64 bits per heavy atom. The maximum atomic E-state index is 13.3. The molecule has 1 N–H and O–H groups in total. The van der Waals surface area contributed by atoms with Crippen molar-refractivity contribution in [3.63, 3.8) is 0 Å². The van der Waals surface area contributed by atoms with Crippen molar-refractivity contribution in [2.45, 2.75) is 17.7 Å². The van der Waals surface area contributed by atoms with E-state index in [4.69, 9.17) is 0 Å². The molecule has 2 aromatic rings. The van der Waals surface area contributed by atoms with E-state index >= 15 is 0 Å². The predicted octanol–water partition coefficient (Wildman–Crippen LogP) is 1.82. The first-order valence-electron chi connectivity index (χ1n) is 9.40. The van der Waals surface area contributed by atoms with Gasteiger partial charge >= 0.3 is 0 Å². The lowest BCUT2D eigenvalue weighted by atomic mass is 10.2. The molecule has 2 heterocycles. The van der Waals surface area contributed by atoms with Crippen LogP contribution >= 0.6 is 0 Å². The van der Waals surface area contributed by atoms with Crippen molar-refractivity contribution in [3.05, 3.63) is 48.5 Å². The maximum Gasteiger partial charge on any atom is 0.264 e. The van der Waals surface area contributed by atoms with E-state index in [-0.39, 0.29) is 17.4 Å². The van der Waals surface area contributed by atoms with Crippen LogP contribution in [0.2, 0.25) is 0 Å². The summed E-state index contributed by atoms with van der Waals surface area (Å²) in [6, 6.07) is 13.9. The van der Waals surface area contributed by atoms with Crippen LogP contribution in [0.4, 0.5) is 17.1 Å². The zero-order valence-corrected chi connectivity index (χ0v) is 16.3. The van der Waals surface area contributed by atoms with Crippen LogP contribution in [0.25, 0.3) is 0 Å². The lowest BCUT2D eigenvalue weighted by Gasteiger charge is -2.37. The molecular weight excluding hydrogens is 378 g/mol. The second-order valence-electron chi connectivity index (χ2n) is 6.92. The minimum Gasteiger partial charge on any atom is -0.395 e. The van der Waals surface area contributed by atoms with Crippen molar-refractivity contribution in [2.75, 3.05) is 46.9 Å². The zero-order chi connectivity index (χ0) is 19.7. The Labute approximate surface area is 164 Å². The Morgan fingerprint density at radius 1 is 0.929 bits per heavy atom. The fourth-order valence-corrected chi connectivity index (χ4v) is 5.31. The lowest BCUT2D eigenvalue weighted by Crippen LogP contribution is -2.44. The zero-order valence-electron chi connectivity index (χ0n) is 15.5. The molecule has 0 bridgehead atoms. The number of amides is 1. The molecule has 0 aromatic heterocycles. The number of β-amino-alcohol motifs (C(OH)–C–C–N with tert-alkyl or cyclic N) is 1. The van der Waals surface area contributed by atoms with Gasteiger partial charge in [0.25, 0.3) is 10.0 Å². The molecule has 0 radical (unpaired) electrons.